The first kappa shape index (κ1) is 10.4. The Kier molecular flexibility index (Phi) is 3.42. The summed E-state index contributed by atoms with van der Waals surface area (Å²) in [5, 5.41) is 13.5. The van der Waals surface area contributed by atoms with Gasteiger partial charge in [0.2, 0.25) is 0 Å². The van der Waals surface area contributed by atoms with Crippen LogP contribution >= 0.6 is 0 Å². The number of β-amino-alcohol motifs (C(OH)–C–C–N with tert-alkyl or cyclic N) is 1. The topological polar surface area (TPSA) is 41.5 Å². The third-order valence-corrected chi connectivity index (χ3v) is 3.33. The molecule has 3 nitrogen and oxygen atoms in total. The van der Waals surface area contributed by atoms with Gasteiger partial charge in [-0.1, -0.05) is 0 Å². The number of aliphatic hydroxyl groups is 1. The van der Waals surface area contributed by atoms with E-state index in [4.69, 9.17) is 4.74 Å². The van der Waals surface area contributed by atoms with E-state index in [1.807, 2.05) is 0 Å². The van der Waals surface area contributed by atoms with Gasteiger partial charge in [-0.05, 0) is 38.6 Å². The molecule has 0 saturated carbocycles. The Morgan fingerprint density at radius 3 is 2.93 bits per heavy atom. The van der Waals surface area contributed by atoms with Crippen molar-refractivity contribution in [3.63, 3.8) is 0 Å². The van der Waals surface area contributed by atoms with Gasteiger partial charge in [0, 0.05) is 19.6 Å². The highest BCUT2D eigenvalue weighted by Gasteiger charge is 2.32. The molecule has 14 heavy (non-hydrogen) atoms. The molecule has 3 heteroatoms. The molecule has 2 N–H and O–H groups in total. The average molecular weight is 199 g/mol. The molecule has 0 aromatic heterocycles. The SMILES string of the molecule is OC1(CC2CCCCO2)CCCNC1. The van der Waals surface area contributed by atoms with Crippen molar-refractivity contribution in [2.75, 3.05) is 19.7 Å². The minimum absolute atomic E-state index is 0.300. The van der Waals surface area contributed by atoms with Gasteiger partial charge >= 0.3 is 0 Å². The summed E-state index contributed by atoms with van der Waals surface area (Å²) in [4.78, 5) is 0. The first-order valence-corrected chi connectivity index (χ1v) is 5.83. The smallest absolute Gasteiger partial charge is 0.0796 e. The van der Waals surface area contributed by atoms with Gasteiger partial charge in [-0.2, -0.15) is 0 Å². The Hall–Kier alpha value is -0.120. The fraction of sp³-hybridized carbons (Fsp3) is 1.00. The van der Waals surface area contributed by atoms with E-state index in [-0.39, 0.29) is 0 Å². The van der Waals surface area contributed by atoms with Crippen molar-refractivity contribution in [3.8, 4) is 0 Å². The average Bonchev–Trinajstić information content (AvgIpc) is 2.19. The molecule has 2 heterocycles. The number of hydrogen-bond acceptors (Lipinski definition) is 3. The molecule has 2 unspecified atom stereocenters. The summed E-state index contributed by atoms with van der Waals surface area (Å²) in [6.45, 7) is 2.68. The van der Waals surface area contributed by atoms with Crippen molar-refractivity contribution < 1.29 is 9.84 Å². The van der Waals surface area contributed by atoms with E-state index in [1.54, 1.807) is 0 Å². The lowest BCUT2D eigenvalue weighted by molar-refractivity contribution is -0.0657. The van der Waals surface area contributed by atoms with Crippen LogP contribution in [0.3, 0.4) is 0 Å². The first-order chi connectivity index (χ1) is 6.79. The van der Waals surface area contributed by atoms with E-state index >= 15 is 0 Å². The number of rotatable bonds is 2. The summed E-state index contributed by atoms with van der Waals surface area (Å²) in [5.41, 5.74) is -0.500. The zero-order chi connectivity index (χ0) is 9.86. The second-order valence-electron chi connectivity index (χ2n) is 4.70. The maximum absolute atomic E-state index is 10.3. The Balaban J connectivity index is 1.81. The summed E-state index contributed by atoms with van der Waals surface area (Å²) in [6, 6.07) is 0. The molecule has 82 valence electrons. The van der Waals surface area contributed by atoms with Crippen LogP contribution in [0.15, 0.2) is 0 Å². The summed E-state index contributed by atoms with van der Waals surface area (Å²) in [5.74, 6) is 0. The molecular formula is C11H21NO2. The third kappa shape index (κ3) is 2.69. The van der Waals surface area contributed by atoms with Gasteiger partial charge in [0.15, 0.2) is 0 Å². The highest BCUT2D eigenvalue weighted by molar-refractivity contribution is 4.88. The molecule has 0 bridgehead atoms. The normalized spacial score (nSPS) is 39.6. The molecule has 2 atom stereocenters. The van der Waals surface area contributed by atoms with Crippen LogP contribution in [0, 0.1) is 0 Å². The van der Waals surface area contributed by atoms with E-state index in [1.165, 1.54) is 12.8 Å². The van der Waals surface area contributed by atoms with Crippen LogP contribution in [0.4, 0.5) is 0 Å². The highest BCUT2D eigenvalue weighted by Crippen LogP contribution is 2.26. The Morgan fingerprint density at radius 1 is 1.36 bits per heavy atom. The number of hydrogen-bond donors (Lipinski definition) is 2. The van der Waals surface area contributed by atoms with Crippen molar-refractivity contribution in [1.82, 2.24) is 5.32 Å². The molecule has 0 aromatic carbocycles. The standard InChI is InChI=1S/C11H21NO2/c13-11(5-3-6-12-9-11)8-10-4-1-2-7-14-10/h10,12-13H,1-9H2. The van der Waals surface area contributed by atoms with Gasteiger partial charge in [-0.15, -0.1) is 0 Å². The zero-order valence-electron chi connectivity index (χ0n) is 8.80. The van der Waals surface area contributed by atoms with E-state index < -0.39 is 5.60 Å². The summed E-state index contributed by atoms with van der Waals surface area (Å²) in [7, 11) is 0. The van der Waals surface area contributed by atoms with E-state index in [9.17, 15) is 5.11 Å². The van der Waals surface area contributed by atoms with Crippen LogP contribution in [-0.4, -0.2) is 36.5 Å². The van der Waals surface area contributed by atoms with E-state index in [0.29, 0.717) is 6.10 Å². The van der Waals surface area contributed by atoms with Crippen molar-refractivity contribution in [2.24, 2.45) is 0 Å². The maximum atomic E-state index is 10.3. The predicted octanol–water partition coefficient (Wildman–Crippen LogP) is 1.06. The van der Waals surface area contributed by atoms with Crippen LogP contribution < -0.4 is 5.32 Å². The summed E-state index contributed by atoms with van der Waals surface area (Å²) < 4.78 is 5.66. The second-order valence-corrected chi connectivity index (χ2v) is 4.70. The molecule has 0 amide bonds. The predicted molar refractivity (Wildman–Crippen MR) is 55.3 cm³/mol. The van der Waals surface area contributed by atoms with Crippen LogP contribution in [0.2, 0.25) is 0 Å². The van der Waals surface area contributed by atoms with E-state index in [0.717, 1.165) is 45.4 Å². The van der Waals surface area contributed by atoms with Crippen LogP contribution in [0.1, 0.15) is 38.5 Å². The number of piperidine rings is 1. The van der Waals surface area contributed by atoms with Crippen LogP contribution in [0.25, 0.3) is 0 Å². The van der Waals surface area contributed by atoms with Gasteiger partial charge in [0.1, 0.15) is 0 Å². The molecule has 2 rings (SSSR count). The lowest BCUT2D eigenvalue weighted by Crippen LogP contribution is -2.48. The quantitative estimate of drug-likeness (QED) is 0.698. The Labute approximate surface area is 85.8 Å². The Morgan fingerprint density at radius 2 is 2.29 bits per heavy atom. The first-order valence-electron chi connectivity index (χ1n) is 5.83. The summed E-state index contributed by atoms with van der Waals surface area (Å²) >= 11 is 0. The molecule has 0 spiro atoms. The minimum Gasteiger partial charge on any atom is -0.388 e. The lowest BCUT2D eigenvalue weighted by atomic mass is 9.86. The highest BCUT2D eigenvalue weighted by atomic mass is 16.5. The fourth-order valence-corrected chi connectivity index (χ4v) is 2.52. The van der Waals surface area contributed by atoms with Gasteiger partial charge in [0.05, 0.1) is 11.7 Å². The lowest BCUT2D eigenvalue weighted by Gasteiger charge is -2.36. The number of nitrogens with one attached hydrogen (secondary N) is 1. The Bertz CT molecular complexity index is 172. The van der Waals surface area contributed by atoms with E-state index in [2.05, 4.69) is 5.32 Å². The second kappa shape index (κ2) is 4.60. The zero-order valence-corrected chi connectivity index (χ0v) is 8.80. The molecule has 0 aliphatic carbocycles. The minimum atomic E-state index is -0.500. The molecule has 2 aliphatic rings. The molecule has 2 fully saturated rings. The van der Waals surface area contributed by atoms with Gasteiger partial charge < -0.3 is 15.2 Å². The monoisotopic (exact) mass is 199 g/mol. The summed E-state index contributed by atoms with van der Waals surface area (Å²) in [6.07, 6.45) is 6.71. The molecule has 2 saturated heterocycles. The van der Waals surface area contributed by atoms with Gasteiger partial charge in [0.25, 0.3) is 0 Å². The largest absolute Gasteiger partial charge is 0.388 e. The van der Waals surface area contributed by atoms with Gasteiger partial charge in [-0.25, -0.2) is 0 Å². The van der Waals surface area contributed by atoms with Crippen molar-refractivity contribution in [2.45, 2.75) is 50.2 Å². The molecule has 0 aromatic rings. The van der Waals surface area contributed by atoms with Crippen molar-refractivity contribution >= 4 is 0 Å². The maximum Gasteiger partial charge on any atom is 0.0796 e. The van der Waals surface area contributed by atoms with Crippen molar-refractivity contribution in [3.05, 3.63) is 0 Å². The van der Waals surface area contributed by atoms with Crippen LogP contribution in [-0.2, 0) is 4.74 Å². The molecule has 0 radical (unpaired) electrons. The van der Waals surface area contributed by atoms with Crippen molar-refractivity contribution in [1.29, 1.82) is 0 Å². The molecular weight excluding hydrogens is 178 g/mol. The fourth-order valence-electron chi connectivity index (χ4n) is 2.52. The molecule has 2 aliphatic heterocycles. The third-order valence-electron chi connectivity index (χ3n) is 3.33. The van der Waals surface area contributed by atoms with Crippen LogP contribution in [0.5, 0.6) is 0 Å². The number of ether oxygens (including phenoxy) is 1. The van der Waals surface area contributed by atoms with Gasteiger partial charge in [-0.3, -0.25) is 0 Å².